The van der Waals surface area contributed by atoms with Crippen LogP contribution in [0.5, 0.6) is 0 Å². The van der Waals surface area contributed by atoms with E-state index >= 15 is 0 Å². The number of hydrogen-bond donors (Lipinski definition) is 3. The molecule has 0 unspecified atom stereocenters. The average molecular weight is 226 g/mol. The number of nitrogens with zero attached hydrogens (tertiary/aromatic N) is 3. The first-order chi connectivity index (χ1) is 7.59. The van der Waals surface area contributed by atoms with Gasteiger partial charge in [-0.25, -0.2) is 5.10 Å². The van der Waals surface area contributed by atoms with Gasteiger partial charge in [-0.15, -0.1) is 5.10 Å². The van der Waals surface area contributed by atoms with Crippen LogP contribution in [0.1, 0.15) is 26.7 Å². The highest BCUT2D eigenvalue weighted by Crippen LogP contribution is 2.01. The number of hydrogen-bond acceptors (Lipinski definition) is 5. The first-order valence-corrected chi connectivity index (χ1v) is 5.71. The second-order valence-electron chi connectivity index (χ2n) is 4.25. The number of rotatable bonds is 7. The Kier molecular flexibility index (Phi) is 5.04. The van der Waals surface area contributed by atoms with Crippen molar-refractivity contribution in [2.75, 3.05) is 31.2 Å². The van der Waals surface area contributed by atoms with Crippen molar-refractivity contribution >= 4 is 11.9 Å². The molecular weight excluding hydrogens is 204 g/mol. The number of nitrogens with one attached hydrogen (secondary N) is 2. The van der Waals surface area contributed by atoms with Crippen LogP contribution < -0.4 is 11.1 Å². The largest absolute Gasteiger partial charge is 0.368 e. The molecule has 6 nitrogen and oxygen atoms in total. The summed E-state index contributed by atoms with van der Waals surface area (Å²) in [6, 6.07) is 0.612. The van der Waals surface area contributed by atoms with E-state index in [0.717, 1.165) is 19.5 Å². The smallest absolute Gasteiger partial charge is 0.243 e. The van der Waals surface area contributed by atoms with Crippen molar-refractivity contribution in [1.82, 2.24) is 20.1 Å². The standard InChI is InChI=1S/C10H22N6/c1-8(2)16(3)7-5-4-6-12-10-13-9(11)14-15-10/h8H,4-7H2,1-3H3,(H4,11,12,13,14,15). The van der Waals surface area contributed by atoms with Gasteiger partial charge < -0.3 is 16.0 Å². The SMILES string of the molecule is CC(C)N(C)CCCCNc1n[nH]c(N)n1. The van der Waals surface area contributed by atoms with E-state index in [1.165, 1.54) is 6.42 Å². The van der Waals surface area contributed by atoms with Crippen LogP contribution in [0.4, 0.5) is 11.9 Å². The van der Waals surface area contributed by atoms with Crippen LogP contribution in [-0.2, 0) is 0 Å². The van der Waals surface area contributed by atoms with Crippen LogP contribution >= 0.6 is 0 Å². The lowest BCUT2D eigenvalue weighted by molar-refractivity contribution is 0.269. The van der Waals surface area contributed by atoms with E-state index < -0.39 is 0 Å². The Bertz CT molecular complexity index is 295. The Morgan fingerprint density at radius 3 is 2.75 bits per heavy atom. The molecule has 0 aliphatic rings. The molecule has 0 saturated carbocycles. The maximum atomic E-state index is 5.41. The lowest BCUT2D eigenvalue weighted by Crippen LogP contribution is -2.27. The monoisotopic (exact) mass is 226 g/mol. The van der Waals surface area contributed by atoms with Gasteiger partial charge in [-0.2, -0.15) is 4.98 Å². The van der Waals surface area contributed by atoms with Crippen LogP contribution in [0, 0.1) is 0 Å². The number of H-pyrrole nitrogens is 1. The molecule has 6 heteroatoms. The molecule has 0 radical (unpaired) electrons. The number of nitrogen functional groups attached to an aromatic ring is 1. The van der Waals surface area contributed by atoms with Crippen molar-refractivity contribution in [2.45, 2.75) is 32.7 Å². The Morgan fingerprint density at radius 1 is 1.44 bits per heavy atom. The molecule has 0 atom stereocenters. The summed E-state index contributed by atoms with van der Waals surface area (Å²) in [5.41, 5.74) is 5.41. The zero-order valence-electron chi connectivity index (χ0n) is 10.3. The molecule has 0 aliphatic carbocycles. The molecule has 0 spiro atoms. The van der Waals surface area contributed by atoms with Gasteiger partial charge in [-0.3, -0.25) is 0 Å². The quantitative estimate of drug-likeness (QED) is 0.602. The Hall–Kier alpha value is -1.30. The molecule has 92 valence electrons. The third-order valence-corrected chi connectivity index (χ3v) is 2.60. The maximum Gasteiger partial charge on any atom is 0.243 e. The molecule has 1 aromatic heterocycles. The first kappa shape index (κ1) is 12.8. The van der Waals surface area contributed by atoms with Crippen LogP contribution in [0.15, 0.2) is 0 Å². The number of unbranched alkanes of at least 4 members (excludes halogenated alkanes) is 1. The lowest BCUT2D eigenvalue weighted by atomic mass is 10.2. The van der Waals surface area contributed by atoms with Crippen molar-refractivity contribution in [3.8, 4) is 0 Å². The highest BCUT2D eigenvalue weighted by molar-refractivity contribution is 5.29. The average Bonchev–Trinajstić information content (AvgIpc) is 2.63. The second-order valence-corrected chi connectivity index (χ2v) is 4.25. The third kappa shape index (κ3) is 4.48. The van der Waals surface area contributed by atoms with E-state index in [4.69, 9.17) is 5.73 Å². The van der Waals surface area contributed by atoms with Gasteiger partial charge in [0.15, 0.2) is 0 Å². The van der Waals surface area contributed by atoms with Crippen molar-refractivity contribution in [1.29, 1.82) is 0 Å². The minimum Gasteiger partial charge on any atom is -0.368 e. The molecule has 1 heterocycles. The van der Waals surface area contributed by atoms with Crippen molar-refractivity contribution in [3.05, 3.63) is 0 Å². The van der Waals surface area contributed by atoms with E-state index in [0.29, 0.717) is 17.9 Å². The number of aromatic nitrogens is 3. The van der Waals surface area contributed by atoms with Gasteiger partial charge in [0.1, 0.15) is 0 Å². The maximum absolute atomic E-state index is 5.41. The second kappa shape index (κ2) is 6.32. The van der Waals surface area contributed by atoms with Gasteiger partial charge in [0.05, 0.1) is 0 Å². The Labute approximate surface area is 96.6 Å². The van der Waals surface area contributed by atoms with E-state index in [1.54, 1.807) is 0 Å². The highest BCUT2D eigenvalue weighted by Gasteiger charge is 2.02. The third-order valence-electron chi connectivity index (χ3n) is 2.60. The molecule has 16 heavy (non-hydrogen) atoms. The van der Waals surface area contributed by atoms with Crippen LogP contribution in [-0.4, -0.2) is 46.3 Å². The predicted octanol–water partition coefficient (Wildman–Crippen LogP) is 0.919. The normalized spacial score (nSPS) is 11.3. The summed E-state index contributed by atoms with van der Waals surface area (Å²) in [7, 11) is 2.15. The van der Waals surface area contributed by atoms with E-state index in [9.17, 15) is 0 Å². The summed E-state index contributed by atoms with van der Waals surface area (Å²) >= 11 is 0. The number of aromatic amines is 1. The van der Waals surface area contributed by atoms with Crippen LogP contribution in [0.3, 0.4) is 0 Å². The predicted molar refractivity (Wildman–Crippen MR) is 66.3 cm³/mol. The molecule has 0 aliphatic heterocycles. The molecule has 0 amide bonds. The van der Waals surface area contributed by atoms with Gasteiger partial charge in [-0.05, 0) is 40.3 Å². The van der Waals surface area contributed by atoms with Crippen molar-refractivity contribution < 1.29 is 0 Å². The fourth-order valence-corrected chi connectivity index (χ4v) is 1.30. The van der Waals surface area contributed by atoms with E-state index in [2.05, 4.69) is 46.3 Å². The highest BCUT2D eigenvalue weighted by atomic mass is 15.3. The van der Waals surface area contributed by atoms with Gasteiger partial charge in [0, 0.05) is 12.6 Å². The molecule has 0 fully saturated rings. The first-order valence-electron chi connectivity index (χ1n) is 5.71. The molecule has 1 aromatic rings. The van der Waals surface area contributed by atoms with Crippen molar-refractivity contribution in [3.63, 3.8) is 0 Å². The molecule has 0 bridgehead atoms. The van der Waals surface area contributed by atoms with E-state index in [1.807, 2.05) is 0 Å². The molecular formula is C10H22N6. The zero-order chi connectivity index (χ0) is 12.0. The van der Waals surface area contributed by atoms with Crippen molar-refractivity contribution in [2.24, 2.45) is 0 Å². The molecule has 0 aromatic carbocycles. The number of nitrogens with two attached hydrogens (primary N) is 1. The fourth-order valence-electron chi connectivity index (χ4n) is 1.30. The molecule has 4 N–H and O–H groups in total. The molecule has 1 rings (SSSR count). The Balaban J connectivity index is 2.04. The van der Waals surface area contributed by atoms with Crippen LogP contribution in [0.2, 0.25) is 0 Å². The zero-order valence-corrected chi connectivity index (χ0v) is 10.3. The minimum absolute atomic E-state index is 0.349. The summed E-state index contributed by atoms with van der Waals surface area (Å²) in [6.45, 7) is 6.40. The summed E-state index contributed by atoms with van der Waals surface area (Å²) in [4.78, 5) is 6.30. The molecule has 0 saturated heterocycles. The van der Waals surface area contributed by atoms with Crippen LogP contribution in [0.25, 0.3) is 0 Å². The van der Waals surface area contributed by atoms with Gasteiger partial charge in [-0.1, -0.05) is 0 Å². The van der Waals surface area contributed by atoms with Gasteiger partial charge in [0.25, 0.3) is 0 Å². The number of anilines is 2. The van der Waals surface area contributed by atoms with E-state index in [-0.39, 0.29) is 0 Å². The summed E-state index contributed by atoms with van der Waals surface area (Å²) < 4.78 is 0. The lowest BCUT2D eigenvalue weighted by Gasteiger charge is -2.20. The summed E-state index contributed by atoms with van der Waals surface area (Å²) in [6.07, 6.45) is 2.27. The fraction of sp³-hybridized carbons (Fsp3) is 0.800. The summed E-state index contributed by atoms with van der Waals surface area (Å²) in [5.74, 6) is 0.928. The minimum atomic E-state index is 0.349. The van der Waals surface area contributed by atoms with Gasteiger partial charge >= 0.3 is 0 Å². The van der Waals surface area contributed by atoms with Gasteiger partial charge in [0.2, 0.25) is 11.9 Å². The summed E-state index contributed by atoms with van der Waals surface area (Å²) in [5, 5.41) is 9.60. The topological polar surface area (TPSA) is 82.9 Å². The Morgan fingerprint density at radius 2 is 2.19 bits per heavy atom.